The van der Waals surface area contributed by atoms with E-state index < -0.39 is 34.4 Å². The van der Waals surface area contributed by atoms with Crippen molar-refractivity contribution in [1.82, 2.24) is 4.90 Å². The van der Waals surface area contributed by atoms with Gasteiger partial charge in [-0.1, -0.05) is 15.2 Å². The van der Waals surface area contributed by atoms with Gasteiger partial charge in [0.25, 0.3) is 0 Å². The van der Waals surface area contributed by atoms with E-state index in [0.29, 0.717) is 4.90 Å². The molecule has 0 atom stereocenters. The van der Waals surface area contributed by atoms with E-state index in [0.717, 1.165) is 0 Å². The Labute approximate surface area is 194 Å². The Morgan fingerprint density at radius 2 is 1.11 bits per heavy atom. The second-order valence-corrected chi connectivity index (χ2v) is 5.63. The van der Waals surface area contributed by atoms with Crippen LogP contribution in [-0.2, 0) is 9.13 Å². The van der Waals surface area contributed by atoms with E-state index in [4.69, 9.17) is 5.11 Å². The molecule has 0 aliphatic heterocycles. The van der Waals surface area contributed by atoms with Crippen LogP contribution in [0.25, 0.3) is 0 Å². The van der Waals surface area contributed by atoms with Crippen molar-refractivity contribution in [2.75, 3.05) is 25.7 Å². The van der Waals surface area contributed by atoms with E-state index in [1.165, 1.54) is 0 Å². The molecule has 0 radical (unpaired) electrons. The number of aliphatic hydroxyl groups is 1. The van der Waals surface area contributed by atoms with Gasteiger partial charge in [-0.25, -0.2) is 0 Å². The molecule has 18 heavy (non-hydrogen) atoms. The van der Waals surface area contributed by atoms with Crippen LogP contribution < -0.4 is 138 Å². The minimum atomic E-state index is -4.92. The van der Waals surface area contributed by atoms with Crippen molar-refractivity contribution in [3.05, 3.63) is 0 Å². The van der Waals surface area contributed by atoms with Crippen LogP contribution in [0, 0.1) is 0 Å². The molecule has 0 rings (SSSR count). The smallest absolute Gasteiger partial charge is 0.810 e. The quantitative estimate of drug-likeness (QED) is 0.371. The maximum Gasteiger partial charge on any atom is 1.00 e. The Morgan fingerprint density at radius 3 is 1.28 bits per heavy atom. The summed E-state index contributed by atoms with van der Waals surface area (Å²) in [6, 6.07) is 0. The van der Waals surface area contributed by atoms with Gasteiger partial charge in [-0.15, -0.1) is 0 Å². The summed E-state index contributed by atoms with van der Waals surface area (Å²) in [4.78, 5) is 41.6. The first-order valence-corrected chi connectivity index (χ1v) is 6.95. The van der Waals surface area contributed by atoms with Crippen LogP contribution in [-0.4, -0.2) is 35.7 Å². The zero-order valence-electron chi connectivity index (χ0n) is 11.1. The van der Waals surface area contributed by atoms with Gasteiger partial charge in [-0.05, 0) is 0 Å². The summed E-state index contributed by atoms with van der Waals surface area (Å²) in [5.41, 5.74) is 0. The molecule has 1 N–H and O–H groups in total. The monoisotopic (exact) mass is 337 g/mol. The van der Waals surface area contributed by atoms with E-state index in [1.807, 2.05) is 0 Å². The Bertz CT molecular complexity index is 246. The first-order chi connectivity index (χ1) is 6.14. The molecule has 0 unspecified atom stereocenters. The second kappa shape index (κ2) is 16.1. The summed E-state index contributed by atoms with van der Waals surface area (Å²) in [5, 5.41) is 8.40. The minimum Gasteiger partial charge on any atom is -0.810 e. The average molecular weight is 337 g/mol. The molecular formula is C4H9NNa4O7P2. The fourth-order valence-electron chi connectivity index (χ4n) is 0.817. The summed E-state index contributed by atoms with van der Waals surface area (Å²) in [7, 11) is -9.84. The number of hydrogen-bond donors (Lipinski definition) is 1. The third-order valence-electron chi connectivity index (χ3n) is 1.16. The first-order valence-electron chi connectivity index (χ1n) is 3.49. The molecule has 14 heteroatoms. The van der Waals surface area contributed by atoms with Gasteiger partial charge in [-0.2, -0.15) is 0 Å². The summed E-state index contributed by atoms with van der Waals surface area (Å²) in [5.74, 6) is 0. The van der Waals surface area contributed by atoms with Crippen LogP contribution in [0.3, 0.4) is 0 Å². The molecule has 0 aromatic heterocycles. The van der Waals surface area contributed by atoms with E-state index in [2.05, 4.69) is 0 Å². The predicted octanol–water partition coefficient (Wildman–Crippen LogP) is -16.0. The van der Waals surface area contributed by atoms with Crippen LogP contribution in [0.1, 0.15) is 0 Å². The fraction of sp³-hybridized carbons (Fsp3) is 1.00. The first kappa shape index (κ1) is 33.7. The standard InChI is InChI=1S/C4H13NO7P2.4Na/c6-2-1-5(3-13(7,8)9)4-14(10,11)12;;;;/h6H,1-4H2,(H2,7,8,9)(H2,10,11,12);;;;/q;4*+1/p-4. The summed E-state index contributed by atoms with van der Waals surface area (Å²) in [6.45, 7) is -0.900. The molecule has 0 saturated heterocycles. The molecule has 0 aliphatic rings. The third-order valence-corrected chi connectivity index (χ3v) is 2.66. The van der Waals surface area contributed by atoms with Crippen LogP contribution in [0.2, 0.25) is 0 Å². The molecule has 0 aromatic rings. The van der Waals surface area contributed by atoms with Gasteiger partial charge in [0.15, 0.2) is 0 Å². The van der Waals surface area contributed by atoms with Crippen molar-refractivity contribution in [3.8, 4) is 0 Å². The van der Waals surface area contributed by atoms with Crippen LogP contribution in [0.4, 0.5) is 0 Å². The van der Waals surface area contributed by atoms with Gasteiger partial charge in [0, 0.05) is 19.1 Å². The molecule has 86 valence electrons. The van der Waals surface area contributed by atoms with E-state index in [9.17, 15) is 28.7 Å². The van der Waals surface area contributed by atoms with Crippen molar-refractivity contribution in [2.24, 2.45) is 0 Å². The number of nitrogens with zero attached hydrogens (tertiary/aromatic N) is 1. The molecule has 0 spiro atoms. The normalized spacial score (nSPS) is 10.6. The zero-order chi connectivity index (χ0) is 11.4. The summed E-state index contributed by atoms with van der Waals surface area (Å²) < 4.78 is 20.5. The number of hydrogen-bond acceptors (Lipinski definition) is 8. The van der Waals surface area contributed by atoms with E-state index in [1.54, 1.807) is 0 Å². The van der Waals surface area contributed by atoms with Crippen molar-refractivity contribution in [2.45, 2.75) is 0 Å². The van der Waals surface area contributed by atoms with Crippen LogP contribution in [0.5, 0.6) is 0 Å². The minimum absolute atomic E-state index is 0. The second-order valence-electron chi connectivity index (χ2n) is 2.62. The molecule has 0 fully saturated rings. The fourth-order valence-corrected chi connectivity index (χ4v) is 2.44. The van der Waals surface area contributed by atoms with E-state index >= 15 is 0 Å². The van der Waals surface area contributed by atoms with Crippen LogP contribution in [0.15, 0.2) is 0 Å². The Balaban J connectivity index is -0.000000141. The molecule has 0 aliphatic carbocycles. The molecular weight excluding hydrogens is 328 g/mol. The topological polar surface area (TPSA) is 150 Å². The maximum atomic E-state index is 10.3. The average Bonchev–Trinajstić information content (AvgIpc) is 1.78. The van der Waals surface area contributed by atoms with Crippen molar-refractivity contribution in [1.29, 1.82) is 0 Å². The molecule has 0 heterocycles. The van der Waals surface area contributed by atoms with Gasteiger partial charge in [-0.3, -0.25) is 4.90 Å². The van der Waals surface area contributed by atoms with Gasteiger partial charge >= 0.3 is 118 Å². The number of rotatable bonds is 6. The summed E-state index contributed by atoms with van der Waals surface area (Å²) >= 11 is 0. The van der Waals surface area contributed by atoms with Gasteiger partial charge in [0.1, 0.15) is 0 Å². The third kappa shape index (κ3) is 25.2. The SMILES string of the molecule is O=P([O-])([O-])CN(CCO)CP(=O)([O-])[O-].[Na+].[Na+].[Na+].[Na+]. The zero-order valence-corrected chi connectivity index (χ0v) is 20.9. The Morgan fingerprint density at radius 1 is 0.833 bits per heavy atom. The van der Waals surface area contributed by atoms with E-state index in [-0.39, 0.29) is 125 Å². The Hall–Kier alpha value is 4.22. The van der Waals surface area contributed by atoms with Crippen LogP contribution >= 0.6 is 15.2 Å². The largest absolute Gasteiger partial charge is 1.00 e. The number of aliphatic hydroxyl groups excluding tert-OH is 1. The van der Waals surface area contributed by atoms with Crippen molar-refractivity contribution < 1.29 is 152 Å². The van der Waals surface area contributed by atoms with Gasteiger partial charge < -0.3 is 33.8 Å². The van der Waals surface area contributed by atoms with Gasteiger partial charge in [0.05, 0.1) is 6.61 Å². The molecule has 0 aromatic carbocycles. The van der Waals surface area contributed by atoms with Crippen molar-refractivity contribution in [3.63, 3.8) is 0 Å². The molecule has 0 saturated carbocycles. The maximum absolute atomic E-state index is 10.3. The van der Waals surface area contributed by atoms with Crippen molar-refractivity contribution >= 4 is 15.2 Å². The predicted molar refractivity (Wildman–Crippen MR) is 38.7 cm³/mol. The molecule has 0 bridgehead atoms. The van der Waals surface area contributed by atoms with Gasteiger partial charge in [0.2, 0.25) is 0 Å². The summed E-state index contributed by atoms with van der Waals surface area (Å²) in [6.07, 6.45) is -2.16. The molecule has 0 amide bonds. The molecule has 8 nitrogen and oxygen atoms in total. The Kier molecular flexibility index (Phi) is 30.2.